The lowest BCUT2D eigenvalue weighted by Gasteiger charge is -2.37. The Morgan fingerprint density at radius 3 is 2.26 bits per heavy atom. The second kappa shape index (κ2) is 9.85. The lowest BCUT2D eigenvalue weighted by Crippen LogP contribution is -2.46. The summed E-state index contributed by atoms with van der Waals surface area (Å²) in [6.07, 6.45) is 1.93. The standard InChI is InChI=1S/C28H31N3O3S/c1-22-12-14-24(15-13-22)35(32,33)31-26-11-7-6-10-25(26)28(30-19-17-29(2)18-20-30)27(31)16-21-34-23-8-4-3-5-9-23/h3-16,28H,17-21H2,1-2H3/b27-16-/t28-/m0/s1. The fourth-order valence-electron chi connectivity index (χ4n) is 4.80. The summed E-state index contributed by atoms with van der Waals surface area (Å²) in [6.45, 7) is 5.85. The van der Waals surface area contributed by atoms with E-state index in [-0.39, 0.29) is 17.5 Å². The number of nitrogens with zero attached hydrogens (tertiary/aromatic N) is 3. The maximum atomic E-state index is 14.0. The topological polar surface area (TPSA) is 53.1 Å². The van der Waals surface area contributed by atoms with Crippen molar-refractivity contribution in [3.8, 4) is 5.75 Å². The van der Waals surface area contributed by atoms with Crippen molar-refractivity contribution in [3.05, 3.63) is 102 Å². The molecule has 182 valence electrons. The van der Waals surface area contributed by atoms with Crippen LogP contribution in [0.3, 0.4) is 0 Å². The van der Waals surface area contributed by atoms with E-state index in [0.29, 0.717) is 5.69 Å². The minimum Gasteiger partial charge on any atom is -0.489 e. The number of para-hydroxylation sites is 2. The van der Waals surface area contributed by atoms with Crippen molar-refractivity contribution in [2.75, 3.05) is 44.1 Å². The molecule has 2 heterocycles. The minimum atomic E-state index is -3.82. The molecular weight excluding hydrogens is 458 g/mol. The van der Waals surface area contributed by atoms with Gasteiger partial charge in [0.1, 0.15) is 12.4 Å². The normalized spacial score (nSPS) is 20.2. The predicted molar refractivity (Wildman–Crippen MR) is 139 cm³/mol. The zero-order valence-corrected chi connectivity index (χ0v) is 21.0. The quantitative estimate of drug-likeness (QED) is 0.512. The monoisotopic (exact) mass is 489 g/mol. The molecule has 0 radical (unpaired) electrons. The van der Waals surface area contributed by atoms with Crippen LogP contribution in [0.5, 0.6) is 5.75 Å². The third-order valence-electron chi connectivity index (χ3n) is 6.71. The SMILES string of the molecule is Cc1ccc(S(=O)(=O)N2/C(=C\COc3ccccc3)[C@@H](N3CCN(C)CC3)c3ccccc32)cc1. The first kappa shape index (κ1) is 23.6. The minimum absolute atomic E-state index is 0.153. The molecule has 0 N–H and O–H groups in total. The molecule has 0 amide bonds. The number of anilines is 1. The predicted octanol–water partition coefficient (Wildman–Crippen LogP) is 4.46. The van der Waals surface area contributed by atoms with Gasteiger partial charge in [-0.05, 0) is 50.4 Å². The lowest BCUT2D eigenvalue weighted by molar-refractivity contribution is 0.127. The molecule has 0 aromatic heterocycles. The van der Waals surface area contributed by atoms with Gasteiger partial charge < -0.3 is 9.64 Å². The number of piperazine rings is 1. The number of aryl methyl sites for hydroxylation is 1. The smallest absolute Gasteiger partial charge is 0.268 e. The molecule has 0 unspecified atom stereocenters. The molecule has 7 heteroatoms. The van der Waals surface area contributed by atoms with E-state index in [0.717, 1.165) is 48.8 Å². The lowest BCUT2D eigenvalue weighted by atomic mass is 10.0. The molecule has 3 aromatic rings. The Balaban J connectivity index is 1.58. The van der Waals surface area contributed by atoms with Gasteiger partial charge in [-0.3, -0.25) is 4.90 Å². The van der Waals surface area contributed by atoms with Gasteiger partial charge in [0.15, 0.2) is 0 Å². The highest BCUT2D eigenvalue weighted by atomic mass is 32.2. The van der Waals surface area contributed by atoms with E-state index in [4.69, 9.17) is 4.74 Å². The summed E-state index contributed by atoms with van der Waals surface area (Å²) < 4.78 is 35.6. The number of fused-ring (bicyclic) bond motifs is 1. The van der Waals surface area contributed by atoms with Gasteiger partial charge in [0.2, 0.25) is 0 Å². The van der Waals surface area contributed by atoms with E-state index in [1.807, 2.05) is 73.7 Å². The van der Waals surface area contributed by atoms with Crippen LogP contribution in [0.1, 0.15) is 17.2 Å². The van der Waals surface area contributed by atoms with Gasteiger partial charge in [-0.25, -0.2) is 12.7 Å². The zero-order chi connectivity index (χ0) is 24.4. The number of benzene rings is 3. The largest absolute Gasteiger partial charge is 0.489 e. The Kier molecular flexibility index (Phi) is 6.65. The van der Waals surface area contributed by atoms with E-state index in [9.17, 15) is 8.42 Å². The Morgan fingerprint density at radius 2 is 1.54 bits per heavy atom. The van der Waals surface area contributed by atoms with Gasteiger partial charge in [-0.2, -0.15) is 0 Å². The van der Waals surface area contributed by atoms with Gasteiger partial charge in [0.25, 0.3) is 10.0 Å². The van der Waals surface area contributed by atoms with Crippen molar-refractivity contribution in [1.82, 2.24) is 9.80 Å². The zero-order valence-electron chi connectivity index (χ0n) is 20.2. The Morgan fingerprint density at radius 1 is 0.886 bits per heavy atom. The maximum Gasteiger partial charge on any atom is 0.268 e. The summed E-state index contributed by atoms with van der Waals surface area (Å²) in [5.41, 5.74) is 3.47. The van der Waals surface area contributed by atoms with Crippen LogP contribution in [0.2, 0.25) is 0 Å². The van der Waals surface area contributed by atoms with Crippen LogP contribution < -0.4 is 9.04 Å². The molecule has 5 rings (SSSR count). The van der Waals surface area contributed by atoms with E-state index in [1.54, 1.807) is 12.1 Å². The first-order chi connectivity index (χ1) is 16.9. The van der Waals surface area contributed by atoms with Crippen LogP contribution in [0.15, 0.2) is 95.5 Å². The summed E-state index contributed by atoms with van der Waals surface area (Å²) >= 11 is 0. The molecule has 6 nitrogen and oxygen atoms in total. The first-order valence-corrected chi connectivity index (χ1v) is 13.4. The van der Waals surface area contributed by atoms with E-state index < -0.39 is 10.0 Å². The van der Waals surface area contributed by atoms with Gasteiger partial charge in [-0.15, -0.1) is 0 Å². The molecule has 0 bridgehead atoms. The molecule has 0 saturated carbocycles. The number of likely N-dealkylation sites (N-methyl/N-ethyl adjacent to an activating group) is 1. The number of rotatable bonds is 6. The van der Waals surface area contributed by atoms with Crippen molar-refractivity contribution in [3.63, 3.8) is 0 Å². The van der Waals surface area contributed by atoms with E-state index in [1.165, 1.54) is 4.31 Å². The highest BCUT2D eigenvalue weighted by molar-refractivity contribution is 7.93. The summed E-state index contributed by atoms with van der Waals surface area (Å²) in [5.74, 6) is 0.754. The molecule has 35 heavy (non-hydrogen) atoms. The van der Waals surface area contributed by atoms with Crippen LogP contribution in [-0.4, -0.2) is 58.1 Å². The van der Waals surface area contributed by atoms with Crippen LogP contribution in [0, 0.1) is 6.92 Å². The molecule has 2 aliphatic heterocycles. The van der Waals surface area contributed by atoms with Gasteiger partial charge in [0, 0.05) is 31.7 Å². The second-order valence-corrected chi connectivity index (χ2v) is 10.9. The van der Waals surface area contributed by atoms with Gasteiger partial charge in [-0.1, -0.05) is 54.1 Å². The molecule has 2 aliphatic rings. The van der Waals surface area contributed by atoms with Crippen LogP contribution >= 0.6 is 0 Å². The van der Waals surface area contributed by atoms with Crippen molar-refractivity contribution < 1.29 is 13.2 Å². The maximum absolute atomic E-state index is 14.0. The van der Waals surface area contributed by atoms with Crippen molar-refractivity contribution in [2.45, 2.75) is 17.9 Å². The van der Waals surface area contributed by atoms with Crippen molar-refractivity contribution >= 4 is 15.7 Å². The fourth-order valence-corrected chi connectivity index (χ4v) is 6.36. The summed E-state index contributed by atoms with van der Waals surface area (Å²) in [4.78, 5) is 4.98. The molecule has 1 atom stereocenters. The number of hydrogen-bond donors (Lipinski definition) is 0. The average molecular weight is 490 g/mol. The van der Waals surface area contributed by atoms with E-state index >= 15 is 0 Å². The average Bonchev–Trinajstić information content (AvgIpc) is 3.20. The van der Waals surface area contributed by atoms with E-state index in [2.05, 4.69) is 22.9 Å². The molecule has 3 aromatic carbocycles. The van der Waals surface area contributed by atoms with Crippen molar-refractivity contribution in [2.24, 2.45) is 0 Å². The second-order valence-electron chi connectivity index (χ2n) is 9.14. The summed E-state index contributed by atoms with van der Waals surface area (Å²) in [7, 11) is -1.70. The fraction of sp³-hybridized carbons (Fsp3) is 0.286. The molecule has 1 saturated heterocycles. The Bertz CT molecular complexity index is 1300. The Hall–Kier alpha value is -3.13. The third-order valence-corrected chi connectivity index (χ3v) is 8.47. The van der Waals surface area contributed by atoms with Gasteiger partial charge in [0.05, 0.1) is 22.3 Å². The summed E-state index contributed by atoms with van der Waals surface area (Å²) in [5, 5.41) is 0. The number of ether oxygens (including phenoxy) is 1. The first-order valence-electron chi connectivity index (χ1n) is 12.0. The van der Waals surface area contributed by atoms with Crippen molar-refractivity contribution in [1.29, 1.82) is 0 Å². The number of sulfonamides is 1. The number of hydrogen-bond acceptors (Lipinski definition) is 5. The molecule has 0 aliphatic carbocycles. The summed E-state index contributed by atoms with van der Waals surface area (Å²) in [6, 6.07) is 24.4. The van der Waals surface area contributed by atoms with Gasteiger partial charge >= 0.3 is 0 Å². The van der Waals surface area contributed by atoms with Crippen LogP contribution in [-0.2, 0) is 10.0 Å². The van der Waals surface area contributed by atoms with Crippen LogP contribution in [0.4, 0.5) is 5.69 Å². The molecule has 1 fully saturated rings. The highest BCUT2D eigenvalue weighted by Gasteiger charge is 2.43. The molecular formula is C28H31N3O3S. The van der Waals surface area contributed by atoms with Crippen LogP contribution in [0.25, 0.3) is 0 Å². The highest BCUT2D eigenvalue weighted by Crippen LogP contribution is 2.48. The Labute approximate surface area is 208 Å². The molecule has 0 spiro atoms. The third kappa shape index (κ3) is 4.72.